The molecule has 0 saturated carbocycles. The van der Waals surface area contributed by atoms with E-state index in [0.717, 1.165) is 36.6 Å². The van der Waals surface area contributed by atoms with Crippen molar-refractivity contribution in [2.75, 3.05) is 26.7 Å². The number of hydrogen-bond donors (Lipinski definition) is 1. The van der Waals surface area contributed by atoms with Gasteiger partial charge in [-0.2, -0.15) is 4.73 Å². The van der Waals surface area contributed by atoms with E-state index in [1.807, 2.05) is 18.2 Å². The third-order valence-electron chi connectivity index (χ3n) is 4.65. The van der Waals surface area contributed by atoms with Gasteiger partial charge in [0.05, 0.1) is 12.7 Å². The molecule has 0 spiro atoms. The lowest BCUT2D eigenvalue weighted by Gasteiger charge is -2.23. The third-order valence-corrected chi connectivity index (χ3v) is 4.65. The van der Waals surface area contributed by atoms with E-state index in [2.05, 4.69) is 17.1 Å². The molecule has 0 bridgehead atoms. The van der Waals surface area contributed by atoms with Gasteiger partial charge < -0.3 is 20.0 Å². The van der Waals surface area contributed by atoms with Crippen LogP contribution in [0.4, 0.5) is 0 Å². The van der Waals surface area contributed by atoms with E-state index in [1.165, 1.54) is 24.5 Å². The molecule has 2 heterocycles. The minimum Gasteiger partial charge on any atom is -0.619 e. The average Bonchev–Trinajstić information content (AvgIpc) is 2.86. The van der Waals surface area contributed by atoms with Gasteiger partial charge in [0.2, 0.25) is 0 Å². The van der Waals surface area contributed by atoms with Crippen LogP contribution in [0.1, 0.15) is 29.3 Å². The summed E-state index contributed by atoms with van der Waals surface area (Å²) >= 11 is 0. The first kappa shape index (κ1) is 19.0. The topological polar surface area (TPSA) is 77.7 Å². The van der Waals surface area contributed by atoms with Crippen LogP contribution in [-0.2, 0) is 6.54 Å². The number of benzene rings is 1. The molecule has 0 saturated heterocycles. The molecule has 1 N–H and O–H groups in total. The number of nitrogens with zero attached hydrogens (tertiary/aromatic N) is 2. The highest BCUT2D eigenvalue weighted by molar-refractivity contribution is 5.93. The van der Waals surface area contributed by atoms with Crippen LogP contribution in [0.5, 0.6) is 11.5 Å². The van der Waals surface area contributed by atoms with Crippen molar-refractivity contribution >= 4 is 5.91 Å². The molecule has 3 rings (SSSR count). The Hall–Kier alpha value is -2.80. The highest BCUT2D eigenvalue weighted by Gasteiger charge is 2.22. The Morgan fingerprint density at radius 3 is 2.85 bits per heavy atom. The molecule has 144 valence electrons. The number of aromatic nitrogens is 1. The molecule has 27 heavy (non-hydrogen) atoms. The zero-order valence-corrected chi connectivity index (χ0v) is 15.7. The van der Waals surface area contributed by atoms with Crippen LogP contribution >= 0.6 is 0 Å². The third kappa shape index (κ3) is 4.89. The molecule has 7 heteroatoms. The lowest BCUT2D eigenvalue weighted by atomic mass is 10.2. The minimum atomic E-state index is -0.184. The monoisotopic (exact) mass is 371 g/mol. The Labute approximate surface area is 159 Å². The van der Waals surface area contributed by atoms with Crippen molar-refractivity contribution in [1.82, 2.24) is 10.2 Å². The molecule has 1 aromatic heterocycles. The number of nitrogens with one attached hydrogen (secondary N) is 1. The summed E-state index contributed by atoms with van der Waals surface area (Å²) in [5, 5.41) is 14.0. The molecule has 0 fully saturated rings. The van der Waals surface area contributed by atoms with Crippen LogP contribution < -0.4 is 19.5 Å². The molecule has 0 radical (unpaired) electrons. The smallest absolute Gasteiger partial charge is 0.251 e. The number of fused-ring (bicyclic) bond motifs is 1. The molecular weight excluding hydrogens is 346 g/mol. The van der Waals surface area contributed by atoms with E-state index in [-0.39, 0.29) is 12.0 Å². The van der Waals surface area contributed by atoms with Gasteiger partial charge in [-0.1, -0.05) is 6.92 Å². The first-order chi connectivity index (χ1) is 13.1. The van der Waals surface area contributed by atoms with Crippen molar-refractivity contribution in [3.63, 3.8) is 0 Å². The van der Waals surface area contributed by atoms with Crippen molar-refractivity contribution in [2.24, 2.45) is 0 Å². The van der Waals surface area contributed by atoms with E-state index in [4.69, 9.17) is 9.47 Å². The number of carbonyl (C=O) groups excluding carboxylic acids is 1. The maximum atomic E-state index is 12.2. The Kier molecular flexibility index (Phi) is 6.13. The maximum Gasteiger partial charge on any atom is 0.251 e. The number of rotatable bonds is 6. The number of hydrogen-bond acceptors (Lipinski definition) is 5. The lowest BCUT2D eigenvalue weighted by molar-refractivity contribution is -0.605. The van der Waals surface area contributed by atoms with E-state index in [1.54, 1.807) is 7.11 Å². The summed E-state index contributed by atoms with van der Waals surface area (Å²) in [6.45, 7) is 4.86. The number of pyridine rings is 1. The predicted molar refractivity (Wildman–Crippen MR) is 101 cm³/mol. The van der Waals surface area contributed by atoms with Gasteiger partial charge >= 0.3 is 0 Å². The quantitative estimate of drug-likeness (QED) is 0.618. The zero-order chi connectivity index (χ0) is 19.2. The zero-order valence-electron chi connectivity index (χ0n) is 15.7. The Morgan fingerprint density at radius 1 is 1.37 bits per heavy atom. The fourth-order valence-corrected chi connectivity index (χ4v) is 3.11. The minimum absolute atomic E-state index is 0.108. The van der Waals surface area contributed by atoms with Gasteiger partial charge in [0.1, 0.15) is 17.6 Å². The Morgan fingerprint density at radius 2 is 2.15 bits per heavy atom. The second kappa shape index (κ2) is 8.73. The Bertz CT molecular complexity index is 779. The first-order valence-electron chi connectivity index (χ1n) is 9.12. The summed E-state index contributed by atoms with van der Waals surface area (Å²) in [6, 6.07) is 8.89. The van der Waals surface area contributed by atoms with Crippen molar-refractivity contribution in [3.05, 3.63) is 59.1 Å². The fraction of sp³-hybridized carbons (Fsp3) is 0.400. The summed E-state index contributed by atoms with van der Waals surface area (Å²) in [6.07, 6.45) is 3.65. The summed E-state index contributed by atoms with van der Waals surface area (Å²) < 4.78 is 12.1. The van der Waals surface area contributed by atoms with E-state index >= 15 is 0 Å². The van der Waals surface area contributed by atoms with E-state index in [0.29, 0.717) is 23.4 Å². The number of carbonyl (C=O) groups is 1. The van der Waals surface area contributed by atoms with Gasteiger partial charge in [-0.3, -0.25) is 9.69 Å². The van der Waals surface area contributed by atoms with Crippen molar-refractivity contribution in [2.45, 2.75) is 26.0 Å². The van der Waals surface area contributed by atoms with Gasteiger partial charge in [0.25, 0.3) is 5.91 Å². The van der Waals surface area contributed by atoms with Gasteiger partial charge in [-0.15, -0.1) is 0 Å². The number of methoxy groups -OCH3 is 1. The largest absolute Gasteiger partial charge is 0.619 e. The van der Waals surface area contributed by atoms with Gasteiger partial charge in [0, 0.05) is 43.9 Å². The molecule has 7 nitrogen and oxygen atoms in total. The van der Waals surface area contributed by atoms with Gasteiger partial charge in [0.15, 0.2) is 12.4 Å². The summed E-state index contributed by atoms with van der Waals surface area (Å²) in [5.41, 5.74) is 1.56. The van der Waals surface area contributed by atoms with E-state index < -0.39 is 0 Å². The molecule has 0 aliphatic carbocycles. The van der Waals surface area contributed by atoms with Crippen LogP contribution in [0, 0.1) is 5.21 Å². The number of amides is 1. The van der Waals surface area contributed by atoms with Crippen molar-refractivity contribution in [1.29, 1.82) is 0 Å². The molecule has 1 atom stereocenters. The average molecular weight is 371 g/mol. The lowest BCUT2D eigenvalue weighted by Crippen LogP contribution is -2.38. The molecule has 1 aliphatic heterocycles. The first-order valence-corrected chi connectivity index (χ1v) is 9.12. The molecular formula is C20H25N3O4. The highest BCUT2D eigenvalue weighted by atomic mass is 16.5. The Balaban J connectivity index is 1.61. The fourth-order valence-electron chi connectivity index (χ4n) is 3.11. The second-order valence-corrected chi connectivity index (χ2v) is 6.56. The van der Waals surface area contributed by atoms with Crippen LogP contribution in [-0.4, -0.2) is 43.7 Å². The summed E-state index contributed by atoms with van der Waals surface area (Å²) in [5.74, 6) is 1.51. The molecule has 1 amide bonds. The number of ether oxygens (including phenoxy) is 2. The molecule has 1 aliphatic rings. The van der Waals surface area contributed by atoms with E-state index in [9.17, 15) is 10.0 Å². The summed E-state index contributed by atoms with van der Waals surface area (Å²) in [4.78, 5) is 14.5. The van der Waals surface area contributed by atoms with Crippen LogP contribution in [0.3, 0.4) is 0 Å². The SMILES string of the molecule is CC[C@@H]1CN(CCNC(=O)c2cc[n+]([O-])cc2)Cc2cc(OC)ccc2O1. The van der Waals surface area contributed by atoms with Gasteiger partial charge in [-0.25, -0.2) is 0 Å². The van der Waals surface area contributed by atoms with Crippen LogP contribution in [0.25, 0.3) is 0 Å². The van der Waals surface area contributed by atoms with Crippen molar-refractivity contribution < 1.29 is 19.0 Å². The molecule has 0 unspecified atom stereocenters. The predicted octanol–water partition coefficient (Wildman–Crippen LogP) is 1.73. The maximum absolute atomic E-state index is 12.2. The molecule has 1 aromatic carbocycles. The van der Waals surface area contributed by atoms with Crippen molar-refractivity contribution in [3.8, 4) is 11.5 Å². The highest BCUT2D eigenvalue weighted by Crippen LogP contribution is 2.29. The van der Waals surface area contributed by atoms with Gasteiger partial charge in [-0.05, 0) is 24.6 Å². The second-order valence-electron chi connectivity index (χ2n) is 6.56. The van der Waals surface area contributed by atoms with Crippen LogP contribution in [0.2, 0.25) is 0 Å². The molecule has 2 aromatic rings. The normalized spacial score (nSPS) is 16.7. The van der Waals surface area contributed by atoms with Crippen LogP contribution in [0.15, 0.2) is 42.7 Å². The summed E-state index contributed by atoms with van der Waals surface area (Å²) in [7, 11) is 1.65. The standard InChI is InChI=1S/C20H25N3O4/c1-3-17-14-22(13-16-12-18(26-2)4-5-19(16)27-17)11-8-21-20(24)15-6-9-23(25)10-7-15/h4-7,9-10,12,17H,3,8,11,13-14H2,1-2H3,(H,21,24)/t17-/m1/s1.